The van der Waals surface area contributed by atoms with Crippen LogP contribution in [0.3, 0.4) is 0 Å². The monoisotopic (exact) mass is 437 g/mol. The molecule has 0 spiro atoms. The molecule has 0 unspecified atom stereocenters. The first-order valence-electron chi connectivity index (χ1n) is 8.26. The first kappa shape index (κ1) is 25.8. The fraction of sp³-hybridized carbons (Fsp3) is 0.412. The molecular formula is C17H28ClN3O4S2. The minimum absolute atomic E-state index is 0. The maximum absolute atomic E-state index is 12.1. The highest BCUT2D eigenvalue weighted by molar-refractivity contribution is 7.92. The van der Waals surface area contributed by atoms with E-state index >= 15 is 0 Å². The Bertz CT molecular complexity index is 821. The number of rotatable bonds is 10. The van der Waals surface area contributed by atoms with Crippen molar-refractivity contribution in [2.24, 2.45) is 5.92 Å². The third kappa shape index (κ3) is 11.3. The van der Waals surface area contributed by atoms with Crippen molar-refractivity contribution in [3.8, 4) is 0 Å². The lowest BCUT2D eigenvalue weighted by Crippen LogP contribution is -3.00. The third-order valence-electron chi connectivity index (χ3n) is 3.39. The first-order chi connectivity index (χ1) is 12.0. The highest BCUT2D eigenvalue weighted by atomic mass is 35.5. The maximum Gasteiger partial charge on any atom is 0.234 e. The van der Waals surface area contributed by atoms with Crippen LogP contribution in [0.1, 0.15) is 26.3 Å². The molecular weight excluding hydrogens is 410 g/mol. The molecule has 1 rings (SSSR count). The van der Waals surface area contributed by atoms with E-state index in [9.17, 15) is 16.8 Å². The number of quaternary nitrogens is 1. The maximum atomic E-state index is 12.1. The van der Waals surface area contributed by atoms with Crippen LogP contribution in [-0.2, 0) is 26.6 Å². The third-order valence-corrected chi connectivity index (χ3v) is 5.57. The zero-order valence-electron chi connectivity index (χ0n) is 15.7. The highest BCUT2D eigenvalue weighted by Crippen LogP contribution is 2.07. The quantitative estimate of drug-likeness (QED) is 0.381. The number of hydrogen-bond acceptors (Lipinski definition) is 4. The van der Waals surface area contributed by atoms with E-state index in [1.807, 2.05) is 30.3 Å². The molecule has 2 atom stereocenters. The van der Waals surface area contributed by atoms with Gasteiger partial charge in [0.25, 0.3) is 0 Å². The lowest BCUT2D eigenvalue weighted by molar-refractivity contribution is -0.397. The smallest absolute Gasteiger partial charge is 0.234 e. The summed E-state index contributed by atoms with van der Waals surface area (Å²) in [5.41, 5.74) is 4.52. The Labute approximate surface area is 168 Å². The van der Waals surface area contributed by atoms with E-state index in [1.165, 1.54) is 12.2 Å². The zero-order chi connectivity index (χ0) is 19.8. The van der Waals surface area contributed by atoms with Crippen molar-refractivity contribution in [2.75, 3.05) is 0 Å². The minimum atomic E-state index is -3.68. The van der Waals surface area contributed by atoms with Gasteiger partial charge in [-0.05, 0) is 24.5 Å². The second-order valence-corrected chi connectivity index (χ2v) is 9.67. The molecule has 0 fully saturated rings. The van der Waals surface area contributed by atoms with Gasteiger partial charge in [0.05, 0.1) is 0 Å². The van der Waals surface area contributed by atoms with E-state index in [0.717, 1.165) is 16.4 Å². The Kier molecular flexibility index (Phi) is 11.0. The second kappa shape index (κ2) is 11.6. The number of nitrogens with one attached hydrogen (secondary N) is 2. The van der Waals surface area contributed by atoms with Gasteiger partial charge in [-0.15, -0.1) is 0 Å². The van der Waals surface area contributed by atoms with Crippen LogP contribution in [0.15, 0.2) is 53.3 Å². The van der Waals surface area contributed by atoms with E-state index in [4.69, 9.17) is 0 Å². The van der Waals surface area contributed by atoms with E-state index in [-0.39, 0.29) is 30.9 Å². The van der Waals surface area contributed by atoms with Gasteiger partial charge in [-0.1, -0.05) is 50.3 Å². The van der Waals surface area contributed by atoms with Crippen LogP contribution in [0, 0.1) is 5.92 Å². The molecule has 0 amide bonds. The predicted octanol–water partition coefficient (Wildman–Crippen LogP) is -2.29. The molecule has 1 aromatic carbocycles. The molecule has 0 aliphatic rings. The highest BCUT2D eigenvalue weighted by Gasteiger charge is 2.18. The Morgan fingerprint density at radius 3 is 2.04 bits per heavy atom. The Balaban J connectivity index is 0.00000676. The van der Waals surface area contributed by atoms with Crippen LogP contribution in [0.25, 0.3) is 0 Å². The SMILES string of the molecule is CC(C)[C@@H](/C=C/S(=O)(=O)NCc1ccccc1)NS(=O)(=O)/C=C/[C@H](C)[NH3+].[Cl-]. The predicted molar refractivity (Wildman–Crippen MR) is 104 cm³/mol. The molecule has 0 saturated heterocycles. The largest absolute Gasteiger partial charge is 1.00 e. The molecule has 0 aliphatic heterocycles. The van der Waals surface area contributed by atoms with Crippen molar-refractivity contribution >= 4 is 20.0 Å². The van der Waals surface area contributed by atoms with Gasteiger partial charge in [0.15, 0.2) is 0 Å². The van der Waals surface area contributed by atoms with Crippen LogP contribution in [0.2, 0.25) is 0 Å². The van der Waals surface area contributed by atoms with Gasteiger partial charge in [0, 0.05) is 23.4 Å². The fourth-order valence-corrected chi connectivity index (χ4v) is 4.00. The average molecular weight is 438 g/mol. The van der Waals surface area contributed by atoms with Crippen LogP contribution >= 0.6 is 0 Å². The molecule has 0 aromatic heterocycles. The van der Waals surface area contributed by atoms with Gasteiger partial charge < -0.3 is 18.1 Å². The molecule has 0 heterocycles. The summed E-state index contributed by atoms with van der Waals surface area (Å²) in [5.74, 6) is -0.129. The van der Waals surface area contributed by atoms with E-state index < -0.39 is 26.1 Å². The standard InChI is InChI=1S/C17H27N3O4S2.ClH/c1-14(2)17(20-26(23,24)11-9-15(3)18)10-12-25(21,22)19-13-16-7-5-4-6-8-16;/h4-12,14-15,17,19-20H,13,18H2,1-3H3;1H/b11-9+,12-10+;/t15-,17+;/m0./s1. The summed E-state index contributed by atoms with van der Waals surface area (Å²) in [4.78, 5) is 0. The van der Waals surface area contributed by atoms with Gasteiger partial charge in [-0.2, -0.15) is 0 Å². The summed E-state index contributed by atoms with van der Waals surface area (Å²) in [6, 6.07) is 8.31. The van der Waals surface area contributed by atoms with Crippen LogP contribution in [0.4, 0.5) is 0 Å². The summed E-state index contributed by atoms with van der Waals surface area (Å²) >= 11 is 0. The van der Waals surface area contributed by atoms with Gasteiger partial charge in [-0.25, -0.2) is 26.3 Å². The molecule has 0 saturated carbocycles. The summed E-state index contributed by atoms with van der Waals surface area (Å²) in [5, 5.41) is 2.05. The normalized spacial score (nSPS) is 15.1. The number of benzene rings is 1. The Morgan fingerprint density at radius 2 is 1.52 bits per heavy atom. The number of sulfonamides is 2. The fourth-order valence-electron chi connectivity index (χ4n) is 1.88. The number of hydrogen-bond donors (Lipinski definition) is 3. The van der Waals surface area contributed by atoms with Crippen molar-refractivity contribution in [2.45, 2.75) is 39.4 Å². The van der Waals surface area contributed by atoms with Crippen molar-refractivity contribution in [1.29, 1.82) is 0 Å². The Morgan fingerprint density at radius 1 is 0.963 bits per heavy atom. The lowest BCUT2D eigenvalue weighted by Gasteiger charge is -2.17. The average Bonchev–Trinajstić information content (AvgIpc) is 2.56. The van der Waals surface area contributed by atoms with Gasteiger partial charge in [-0.3, -0.25) is 0 Å². The molecule has 0 radical (unpaired) electrons. The molecule has 27 heavy (non-hydrogen) atoms. The summed E-state index contributed by atoms with van der Waals surface area (Å²) in [6.07, 6.45) is 2.80. The van der Waals surface area contributed by atoms with Gasteiger partial charge >= 0.3 is 0 Å². The van der Waals surface area contributed by atoms with E-state index in [2.05, 4.69) is 15.2 Å². The van der Waals surface area contributed by atoms with Crippen molar-refractivity contribution in [1.82, 2.24) is 9.44 Å². The van der Waals surface area contributed by atoms with Gasteiger partial charge in [0.2, 0.25) is 20.0 Å². The van der Waals surface area contributed by atoms with Crippen LogP contribution in [0.5, 0.6) is 0 Å². The first-order valence-corrected chi connectivity index (χ1v) is 11.4. The second-order valence-electron chi connectivity index (χ2n) is 6.42. The topological polar surface area (TPSA) is 120 Å². The number of halogens is 1. The molecule has 5 N–H and O–H groups in total. The molecule has 0 aliphatic carbocycles. The lowest BCUT2D eigenvalue weighted by atomic mass is 10.1. The summed E-state index contributed by atoms with van der Waals surface area (Å²) in [6.45, 7) is 5.52. The van der Waals surface area contributed by atoms with Gasteiger partial charge in [0.1, 0.15) is 6.04 Å². The Hall–Kier alpha value is -1.23. The molecule has 154 valence electrons. The summed E-state index contributed by atoms with van der Waals surface area (Å²) < 4.78 is 53.3. The molecule has 0 bridgehead atoms. The zero-order valence-corrected chi connectivity index (χ0v) is 18.1. The molecule has 7 nitrogen and oxygen atoms in total. The van der Waals surface area contributed by atoms with E-state index in [0.29, 0.717) is 0 Å². The summed E-state index contributed by atoms with van der Waals surface area (Å²) in [7, 11) is -7.36. The van der Waals surface area contributed by atoms with Crippen molar-refractivity contribution in [3.05, 3.63) is 58.9 Å². The van der Waals surface area contributed by atoms with Crippen molar-refractivity contribution < 1.29 is 35.0 Å². The van der Waals surface area contributed by atoms with Crippen molar-refractivity contribution in [3.63, 3.8) is 0 Å². The van der Waals surface area contributed by atoms with E-state index in [1.54, 1.807) is 20.8 Å². The minimum Gasteiger partial charge on any atom is -1.00 e. The molecule has 10 heteroatoms. The van der Waals surface area contributed by atoms with Crippen LogP contribution < -0.4 is 27.6 Å². The molecule has 1 aromatic rings. The van der Waals surface area contributed by atoms with Crippen LogP contribution in [-0.4, -0.2) is 28.9 Å².